The van der Waals surface area contributed by atoms with Crippen molar-refractivity contribution >= 4 is 0 Å². The van der Waals surface area contributed by atoms with Gasteiger partial charge in [0.05, 0.1) is 19.8 Å². The highest BCUT2D eigenvalue weighted by Gasteiger charge is 2.53. The lowest BCUT2D eigenvalue weighted by Crippen LogP contribution is -2.66. The smallest absolute Gasteiger partial charge is 0.187 e. The molecule has 3 fully saturated rings. The predicted octanol–water partition coefficient (Wildman–Crippen LogP) is -5.61. The largest absolute Gasteiger partial charge is 0.387 e. The second-order valence-electron chi connectivity index (χ2n) is 9.15. The van der Waals surface area contributed by atoms with Gasteiger partial charge >= 0.3 is 0 Å². The Morgan fingerprint density at radius 1 is 0.459 bits per heavy atom. The molecule has 3 aliphatic rings. The summed E-state index contributed by atoms with van der Waals surface area (Å²) in [5, 5.41) is 82.6. The lowest BCUT2D eigenvalue weighted by molar-refractivity contribution is -0.378. The van der Waals surface area contributed by atoms with Gasteiger partial charge in [0.1, 0.15) is 73.2 Å². The zero-order chi connectivity index (χ0) is 27.4. The highest BCUT2D eigenvalue weighted by atomic mass is 16.8. The highest BCUT2D eigenvalue weighted by molar-refractivity contribution is 4.96. The highest BCUT2D eigenvalue weighted by Crippen LogP contribution is 2.32. The molecule has 0 radical (unpaired) electrons. The van der Waals surface area contributed by atoms with Crippen LogP contribution >= 0.6 is 0 Å². The Morgan fingerprint density at radius 2 is 0.865 bits per heavy atom. The zero-order valence-corrected chi connectivity index (χ0v) is 20.6. The molecule has 37 heavy (non-hydrogen) atoms. The normalized spacial score (nSPS) is 49.2. The molecular weight excluding hydrogens is 508 g/mol. The van der Waals surface area contributed by atoms with E-state index in [0.29, 0.717) is 0 Å². The SMILES string of the molecule is COC[C@H]1O[C@H](O[C@H]2[C@H](O)[C@@H](O)[C@@H](O[C@H]3[C@H](O)[C@@H](O)[C@@H](O)O[C@@H]3COC)O[C@@H]2COC)[C@H](O)[C@@H](O)[C@@H]1O. The molecule has 0 saturated carbocycles. The Hall–Kier alpha value is -0.640. The van der Waals surface area contributed by atoms with Crippen LogP contribution in [0.1, 0.15) is 0 Å². The van der Waals surface area contributed by atoms with Crippen molar-refractivity contribution in [2.45, 2.75) is 92.1 Å². The molecule has 0 spiro atoms. The van der Waals surface area contributed by atoms with Crippen LogP contribution in [0.3, 0.4) is 0 Å². The van der Waals surface area contributed by atoms with Crippen molar-refractivity contribution in [3.8, 4) is 0 Å². The molecule has 0 aromatic rings. The van der Waals surface area contributed by atoms with Crippen LogP contribution in [0.25, 0.3) is 0 Å². The molecule has 218 valence electrons. The third kappa shape index (κ3) is 6.75. The number of hydrogen-bond acceptors (Lipinski definition) is 16. The van der Waals surface area contributed by atoms with E-state index in [2.05, 4.69) is 0 Å². The van der Waals surface area contributed by atoms with E-state index in [-0.39, 0.29) is 19.8 Å². The Kier molecular flexibility index (Phi) is 11.4. The third-order valence-electron chi connectivity index (χ3n) is 6.54. The number of aliphatic hydroxyl groups excluding tert-OH is 8. The molecule has 3 aliphatic heterocycles. The summed E-state index contributed by atoms with van der Waals surface area (Å²) in [5.41, 5.74) is 0. The molecule has 0 aromatic carbocycles. The van der Waals surface area contributed by atoms with Crippen molar-refractivity contribution < 1.29 is 78.7 Å². The van der Waals surface area contributed by atoms with Crippen molar-refractivity contribution in [1.29, 1.82) is 0 Å². The first-order valence-corrected chi connectivity index (χ1v) is 11.7. The number of rotatable bonds is 10. The van der Waals surface area contributed by atoms with E-state index in [1.807, 2.05) is 0 Å². The van der Waals surface area contributed by atoms with Gasteiger partial charge in [0.25, 0.3) is 0 Å². The molecule has 8 N–H and O–H groups in total. The fraction of sp³-hybridized carbons (Fsp3) is 1.00. The second-order valence-corrected chi connectivity index (χ2v) is 9.15. The molecule has 0 amide bonds. The summed E-state index contributed by atoms with van der Waals surface area (Å²) in [6, 6.07) is 0. The lowest BCUT2D eigenvalue weighted by atomic mass is 9.96. The average Bonchev–Trinajstić information content (AvgIpc) is 2.87. The zero-order valence-electron chi connectivity index (χ0n) is 20.6. The quantitative estimate of drug-likeness (QED) is 0.127. The Labute approximate surface area is 212 Å². The molecule has 3 rings (SSSR count). The lowest BCUT2D eigenvalue weighted by Gasteiger charge is -2.48. The van der Waals surface area contributed by atoms with Crippen molar-refractivity contribution in [3.05, 3.63) is 0 Å². The van der Waals surface area contributed by atoms with Crippen molar-refractivity contribution in [1.82, 2.24) is 0 Å². The van der Waals surface area contributed by atoms with Crippen molar-refractivity contribution in [2.75, 3.05) is 41.2 Å². The number of hydrogen-bond donors (Lipinski definition) is 8. The van der Waals surface area contributed by atoms with Gasteiger partial charge in [-0.1, -0.05) is 0 Å². The van der Waals surface area contributed by atoms with Gasteiger partial charge in [-0.3, -0.25) is 0 Å². The van der Waals surface area contributed by atoms with Gasteiger partial charge in [-0.2, -0.15) is 0 Å². The summed E-state index contributed by atoms with van der Waals surface area (Å²) in [5.74, 6) is 0. The molecule has 16 nitrogen and oxygen atoms in total. The van der Waals surface area contributed by atoms with Crippen LogP contribution in [0.5, 0.6) is 0 Å². The van der Waals surface area contributed by atoms with Crippen LogP contribution in [0.15, 0.2) is 0 Å². The fourth-order valence-electron chi connectivity index (χ4n) is 4.51. The molecule has 16 heteroatoms. The van der Waals surface area contributed by atoms with Gasteiger partial charge in [-0.05, 0) is 0 Å². The Morgan fingerprint density at radius 3 is 1.38 bits per heavy atom. The summed E-state index contributed by atoms with van der Waals surface area (Å²) in [4.78, 5) is 0. The maximum Gasteiger partial charge on any atom is 0.187 e. The maximum atomic E-state index is 10.9. The van der Waals surface area contributed by atoms with Gasteiger partial charge in [0.2, 0.25) is 0 Å². The van der Waals surface area contributed by atoms with Gasteiger partial charge < -0.3 is 78.7 Å². The van der Waals surface area contributed by atoms with E-state index in [1.54, 1.807) is 0 Å². The molecular formula is C21H38O16. The van der Waals surface area contributed by atoms with E-state index in [1.165, 1.54) is 21.3 Å². The molecule has 0 aromatic heterocycles. The monoisotopic (exact) mass is 546 g/mol. The van der Waals surface area contributed by atoms with Gasteiger partial charge in [0, 0.05) is 21.3 Å². The fourth-order valence-corrected chi connectivity index (χ4v) is 4.51. The van der Waals surface area contributed by atoms with Gasteiger partial charge in [-0.15, -0.1) is 0 Å². The number of methoxy groups -OCH3 is 3. The van der Waals surface area contributed by atoms with Crippen molar-refractivity contribution in [3.63, 3.8) is 0 Å². The van der Waals surface area contributed by atoms with Crippen LogP contribution in [-0.4, -0.2) is 174 Å². The minimum Gasteiger partial charge on any atom is -0.387 e. The van der Waals surface area contributed by atoms with E-state index in [0.717, 1.165) is 0 Å². The van der Waals surface area contributed by atoms with Gasteiger partial charge in [0.15, 0.2) is 18.9 Å². The summed E-state index contributed by atoms with van der Waals surface area (Å²) in [6.45, 7) is -0.488. The molecule has 15 atom stereocenters. The van der Waals surface area contributed by atoms with E-state index in [4.69, 9.17) is 37.9 Å². The maximum absolute atomic E-state index is 10.9. The first-order valence-electron chi connectivity index (χ1n) is 11.7. The Balaban J connectivity index is 1.75. The van der Waals surface area contributed by atoms with Crippen LogP contribution < -0.4 is 0 Å². The van der Waals surface area contributed by atoms with Crippen LogP contribution in [0, 0.1) is 0 Å². The molecule has 3 heterocycles. The van der Waals surface area contributed by atoms with Gasteiger partial charge in [-0.25, -0.2) is 0 Å². The Bertz CT molecular complexity index is 687. The first kappa shape index (κ1) is 30.9. The molecule has 0 bridgehead atoms. The summed E-state index contributed by atoms with van der Waals surface area (Å²) >= 11 is 0. The molecule has 3 saturated heterocycles. The topological polar surface area (TPSA) is 236 Å². The van der Waals surface area contributed by atoms with E-state index < -0.39 is 92.1 Å². The first-order chi connectivity index (χ1) is 17.5. The minimum absolute atomic E-state index is 0.135. The van der Waals surface area contributed by atoms with E-state index >= 15 is 0 Å². The van der Waals surface area contributed by atoms with Crippen LogP contribution in [0.4, 0.5) is 0 Å². The van der Waals surface area contributed by atoms with Crippen molar-refractivity contribution in [2.24, 2.45) is 0 Å². The van der Waals surface area contributed by atoms with Crippen LogP contribution in [-0.2, 0) is 37.9 Å². The predicted molar refractivity (Wildman–Crippen MR) is 116 cm³/mol. The molecule has 0 unspecified atom stereocenters. The number of ether oxygens (including phenoxy) is 8. The third-order valence-corrected chi connectivity index (χ3v) is 6.54. The standard InChI is InChI=1S/C21H38O16/c1-30-4-7-10(22)11(23)15(27)20(34-7)37-18-9(6-32-3)35-21(16(28)13(18)25)36-17-8(5-31-2)33-19(29)14(26)12(17)24/h7-29H,4-6H2,1-3H3/t7-,8-,9-,10-,11+,12-,13-,14-,15-,16-,17-,18-,19+,20-,21-/m1/s1. The summed E-state index contributed by atoms with van der Waals surface area (Å²) in [6.07, 6.45) is -22.6. The summed E-state index contributed by atoms with van der Waals surface area (Å²) < 4.78 is 43.0. The number of aliphatic hydroxyl groups is 8. The summed E-state index contributed by atoms with van der Waals surface area (Å²) in [7, 11) is 4.02. The van der Waals surface area contributed by atoms with E-state index in [9.17, 15) is 40.9 Å². The second kappa shape index (κ2) is 13.6. The average molecular weight is 547 g/mol. The molecule has 0 aliphatic carbocycles. The van der Waals surface area contributed by atoms with Crippen LogP contribution in [0.2, 0.25) is 0 Å². The minimum atomic E-state index is -1.79.